The predicted molar refractivity (Wildman–Crippen MR) is 82.4 cm³/mol. The molecule has 6 heteroatoms. The van der Waals surface area contributed by atoms with Crippen LogP contribution in [0.15, 0.2) is 22.7 Å². The van der Waals surface area contributed by atoms with Crippen molar-refractivity contribution in [1.82, 2.24) is 9.78 Å². The van der Waals surface area contributed by atoms with Gasteiger partial charge >= 0.3 is 0 Å². The minimum absolute atomic E-state index is 0.336. The maximum atomic E-state index is 13.8. The van der Waals surface area contributed by atoms with Crippen molar-refractivity contribution in [1.29, 1.82) is 0 Å². The molecule has 0 aliphatic heterocycles. The largest absolute Gasteiger partial charge is 0.324 e. The summed E-state index contributed by atoms with van der Waals surface area (Å²) in [7, 11) is 0. The number of hydrogen-bond acceptors (Lipinski definition) is 2. The molecule has 0 bridgehead atoms. The molecule has 0 spiro atoms. The Bertz CT molecular complexity index is 627. The van der Waals surface area contributed by atoms with E-state index >= 15 is 0 Å². The molecule has 0 aliphatic carbocycles. The molecule has 1 aromatic heterocycles. The molecular formula is C14H16BrClFN3. The van der Waals surface area contributed by atoms with Crippen molar-refractivity contribution in [3.8, 4) is 0 Å². The molecule has 0 radical (unpaired) electrons. The average molecular weight is 361 g/mol. The Morgan fingerprint density at radius 3 is 2.85 bits per heavy atom. The van der Waals surface area contributed by atoms with Gasteiger partial charge in [-0.1, -0.05) is 11.6 Å². The van der Waals surface area contributed by atoms with E-state index in [1.807, 2.05) is 18.5 Å². The Kier molecular flexibility index (Phi) is 4.83. The SMILES string of the molecule is CCn1nc(C)c(Br)c1CC(N)c1cc(Cl)ccc1F. The third kappa shape index (κ3) is 3.05. The normalized spacial score (nSPS) is 12.7. The van der Waals surface area contributed by atoms with Gasteiger partial charge in [0.2, 0.25) is 0 Å². The maximum Gasteiger partial charge on any atom is 0.128 e. The number of rotatable bonds is 4. The lowest BCUT2D eigenvalue weighted by Gasteiger charge is -2.14. The fourth-order valence-corrected chi connectivity index (χ4v) is 2.81. The summed E-state index contributed by atoms with van der Waals surface area (Å²) in [6.07, 6.45) is 0.493. The number of halogens is 3. The van der Waals surface area contributed by atoms with Crippen LogP contribution in [0.4, 0.5) is 4.39 Å². The monoisotopic (exact) mass is 359 g/mol. The van der Waals surface area contributed by atoms with E-state index in [0.29, 0.717) is 17.0 Å². The first-order valence-electron chi connectivity index (χ1n) is 6.36. The third-order valence-electron chi connectivity index (χ3n) is 3.22. The van der Waals surface area contributed by atoms with E-state index in [9.17, 15) is 4.39 Å². The first-order chi connectivity index (χ1) is 9.43. The van der Waals surface area contributed by atoms with E-state index in [0.717, 1.165) is 22.4 Å². The van der Waals surface area contributed by atoms with Gasteiger partial charge < -0.3 is 5.73 Å². The molecule has 2 aromatic rings. The van der Waals surface area contributed by atoms with E-state index in [4.69, 9.17) is 17.3 Å². The molecule has 0 saturated heterocycles. The first kappa shape index (κ1) is 15.5. The Balaban J connectivity index is 2.32. The summed E-state index contributed by atoms with van der Waals surface area (Å²) in [5, 5.41) is 4.89. The zero-order valence-corrected chi connectivity index (χ0v) is 13.7. The minimum Gasteiger partial charge on any atom is -0.324 e. The van der Waals surface area contributed by atoms with Crippen LogP contribution < -0.4 is 5.73 Å². The molecule has 1 heterocycles. The van der Waals surface area contributed by atoms with Crippen LogP contribution in [0.3, 0.4) is 0 Å². The van der Waals surface area contributed by atoms with Gasteiger partial charge in [-0.15, -0.1) is 0 Å². The van der Waals surface area contributed by atoms with Crippen molar-refractivity contribution in [3.05, 3.63) is 50.5 Å². The average Bonchev–Trinajstić information content (AvgIpc) is 2.69. The fourth-order valence-electron chi connectivity index (χ4n) is 2.18. The van der Waals surface area contributed by atoms with E-state index in [1.54, 1.807) is 6.07 Å². The molecule has 1 aromatic carbocycles. The van der Waals surface area contributed by atoms with Gasteiger partial charge in [-0.3, -0.25) is 4.68 Å². The molecule has 1 atom stereocenters. The highest BCUT2D eigenvalue weighted by molar-refractivity contribution is 9.10. The molecule has 3 nitrogen and oxygen atoms in total. The van der Waals surface area contributed by atoms with Crippen LogP contribution in [0.2, 0.25) is 5.02 Å². The third-order valence-corrected chi connectivity index (χ3v) is 4.49. The highest BCUT2D eigenvalue weighted by Crippen LogP contribution is 2.27. The van der Waals surface area contributed by atoms with Crippen LogP contribution >= 0.6 is 27.5 Å². The van der Waals surface area contributed by atoms with Gasteiger partial charge in [0, 0.05) is 29.6 Å². The minimum atomic E-state index is -0.466. The van der Waals surface area contributed by atoms with E-state index in [2.05, 4.69) is 21.0 Å². The number of benzene rings is 1. The zero-order chi connectivity index (χ0) is 14.9. The highest BCUT2D eigenvalue weighted by Gasteiger charge is 2.18. The second kappa shape index (κ2) is 6.24. The summed E-state index contributed by atoms with van der Waals surface area (Å²) in [6, 6.07) is 3.97. The van der Waals surface area contributed by atoms with Crippen LogP contribution in [0.25, 0.3) is 0 Å². The molecule has 0 saturated carbocycles. The lowest BCUT2D eigenvalue weighted by atomic mass is 10.0. The molecule has 0 aliphatic rings. The highest BCUT2D eigenvalue weighted by atomic mass is 79.9. The van der Waals surface area contributed by atoms with Crippen molar-refractivity contribution in [3.63, 3.8) is 0 Å². The Morgan fingerprint density at radius 1 is 1.50 bits per heavy atom. The van der Waals surface area contributed by atoms with Crippen molar-refractivity contribution >= 4 is 27.5 Å². The number of nitrogens with zero attached hydrogens (tertiary/aromatic N) is 2. The van der Waals surface area contributed by atoms with E-state index < -0.39 is 6.04 Å². The molecule has 20 heavy (non-hydrogen) atoms. The van der Waals surface area contributed by atoms with Crippen LogP contribution in [-0.2, 0) is 13.0 Å². The second-order valence-corrected chi connectivity index (χ2v) is 5.87. The Hall–Kier alpha value is -0.910. The standard InChI is InChI=1S/C14H16BrClFN3/c1-3-20-13(14(15)8(2)19-20)7-12(18)10-6-9(16)4-5-11(10)17/h4-6,12H,3,7,18H2,1-2H3. The lowest BCUT2D eigenvalue weighted by molar-refractivity contribution is 0.555. The molecule has 108 valence electrons. The van der Waals surface area contributed by atoms with Crippen LogP contribution in [-0.4, -0.2) is 9.78 Å². The summed E-state index contributed by atoms with van der Waals surface area (Å²) in [5.74, 6) is -0.336. The number of nitrogens with two attached hydrogens (primary N) is 1. The zero-order valence-electron chi connectivity index (χ0n) is 11.3. The van der Waals surface area contributed by atoms with Gasteiger partial charge in [0.05, 0.1) is 15.9 Å². The molecule has 2 rings (SSSR count). The summed E-state index contributed by atoms with van der Waals surface area (Å²) >= 11 is 9.43. The molecular weight excluding hydrogens is 345 g/mol. The summed E-state index contributed by atoms with van der Waals surface area (Å²) in [5.41, 5.74) is 8.43. The summed E-state index contributed by atoms with van der Waals surface area (Å²) < 4.78 is 16.6. The number of hydrogen-bond donors (Lipinski definition) is 1. The number of aromatic nitrogens is 2. The molecule has 0 amide bonds. The van der Waals surface area contributed by atoms with Crippen molar-refractivity contribution in [2.45, 2.75) is 32.9 Å². The molecule has 0 fully saturated rings. The van der Waals surface area contributed by atoms with Gasteiger partial charge in [0.1, 0.15) is 5.82 Å². The van der Waals surface area contributed by atoms with E-state index in [1.165, 1.54) is 12.1 Å². The second-order valence-electron chi connectivity index (χ2n) is 4.64. The van der Waals surface area contributed by atoms with Crippen molar-refractivity contribution in [2.75, 3.05) is 0 Å². The van der Waals surface area contributed by atoms with E-state index in [-0.39, 0.29) is 5.82 Å². The van der Waals surface area contributed by atoms with Crippen LogP contribution in [0.1, 0.15) is 29.9 Å². The summed E-state index contributed by atoms with van der Waals surface area (Å²) in [6.45, 7) is 4.67. The Morgan fingerprint density at radius 2 is 2.20 bits per heavy atom. The predicted octanol–water partition coefficient (Wildman–Crippen LogP) is 4.01. The van der Waals surface area contributed by atoms with Crippen molar-refractivity contribution in [2.24, 2.45) is 5.73 Å². The van der Waals surface area contributed by atoms with Gasteiger partial charge in [-0.25, -0.2) is 4.39 Å². The smallest absolute Gasteiger partial charge is 0.128 e. The topological polar surface area (TPSA) is 43.8 Å². The molecule has 1 unspecified atom stereocenters. The van der Waals surface area contributed by atoms with Gasteiger partial charge in [0.15, 0.2) is 0 Å². The van der Waals surface area contributed by atoms with Gasteiger partial charge in [-0.05, 0) is 48.0 Å². The first-order valence-corrected chi connectivity index (χ1v) is 7.53. The number of aryl methyl sites for hydroxylation is 2. The molecule has 2 N–H and O–H groups in total. The fraction of sp³-hybridized carbons (Fsp3) is 0.357. The Labute approximate surface area is 131 Å². The van der Waals surface area contributed by atoms with Crippen molar-refractivity contribution < 1.29 is 4.39 Å². The van der Waals surface area contributed by atoms with Gasteiger partial charge in [-0.2, -0.15) is 5.10 Å². The maximum absolute atomic E-state index is 13.8. The van der Waals surface area contributed by atoms with Gasteiger partial charge in [0.25, 0.3) is 0 Å². The van der Waals surface area contributed by atoms with Crippen LogP contribution in [0, 0.1) is 12.7 Å². The quantitative estimate of drug-likeness (QED) is 0.895. The van der Waals surface area contributed by atoms with Crippen LogP contribution in [0.5, 0.6) is 0 Å². The summed E-state index contributed by atoms with van der Waals surface area (Å²) in [4.78, 5) is 0. The lowest BCUT2D eigenvalue weighted by Crippen LogP contribution is -2.17.